The number of hydrogen-bond donors (Lipinski definition) is 1. The van der Waals surface area contributed by atoms with Crippen LogP contribution in [0.25, 0.3) is 11.3 Å². The highest BCUT2D eigenvalue weighted by Gasteiger charge is 2.12. The van der Waals surface area contributed by atoms with Crippen molar-refractivity contribution in [1.82, 2.24) is 14.8 Å². The van der Waals surface area contributed by atoms with Crippen molar-refractivity contribution in [3.8, 4) is 17.0 Å². The van der Waals surface area contributed by atoms with Gasteiger partial charge in [-0.1, -0.05) is 12.1 Å². The van der Waals surface area contributed by atoms with Crippen LogP contribution in [0.4, 0.5) is 5.13 Å². The number of rotatable bonds is 8. The number of esters is 1. The Balaban J connectivity index is 1.69. The topological polar surface area (TPSA) is 112 Å². The van der Waals surface area contributed by atoms with Crippen LogP contribution in [0.5, 0.6) is 5.75 Å². The average Bonchev–Trinajstić information content (AvgIpc) is 3.16. The van der Waals surface area contributed by atoms with Crippen LogP contribution in [0.1, 0.15) is 12.6 Å². The number of anilines is 1. The summed E-state index contributed by atoms with van der Waals surface area (Å²) >= 11 is 1.18. The van der Waals surface area contributed by atoms with Crippen LogP contribution in [-0.4, -0.2) is 40.4 Å². The fourth-order valence-corrected chi connectivity index (χ4v) is 3.33. The molecule has 3 rings (SSSR count). The third-order valence-electron chi connectivity index (χ3n) is 3.95. The molecule has 0 aliphatic rings. The molecule has 0 unspecified atom stereocenters. The number of amides is 1. The van der Waals surface area contributed by atoms with Crippen molar-refractivity contribution in [3.05, 3.63) is 57.8 Å². The molecule has 1 N–H and O–H groups in total. The Morgan fingerprint density at radius 1 is 1.23 bits per heavy atom. The zero-order valence-electron chi connectivity index (χ0n) is 16.5. The van der Waals surface area contributed by atoms with Crippen LogP contribution >= 0.6 is 11.3 Å². The van der Waals surface area contributed by atoms with E-state index in [1.807, 2.05) is 12.1 Å². The summed E-state index contributed by atoms with van der Waals surface area (Å²) in [7, 11) is 1.56. The van der Waals surface area contributed by atoms with Gasteiger partial charge in [-0.3, -0.25) is 14.4 Å². The molecule has 10 heteroatoms. The quantitative estimate of drug-likeness (QED) is 0.547. The Morgan fingerprint density at radius 3 is 2.83 bits per heavy atom. The maximum Gasteiger partial charge on any atom is 0.311 e. The lowest BCUT2D eigenvalue weighted by Gasteiger charge is -2.08. The lowest BCUT2D eigenvalue weighted by atomic mass is 10.1. The summed E-state index contributed by atoms with van der Waals surface area (Å²) in [6, 6.07) is 10.2. The van der Waals surface area contributed by atoms with Gasteiger partial charge in [-0.25, -0.2) is 9.67 Å². The van der Waals surface area contributed by atoms with Crippen molar-refractivity contribution < 1.29 is 19.1 Å². The van der Waals surface area contributed by atoms with Gasteiger partial charge in [-0.2, -0.15) is 5.10 Å². The molecule has 0 fully saturated rings. The molecule has 0 saturated carbocycles. The first-order valence-electron chi connectivity index (χ1n) is 9.11. The van der Waals surface area contributed by atoms with E-state index in [-0.39, 0.29) is 18.9 Å². The lowest BCUT2D eigenvalue weighted by molar-refractivity contribution is -0.142. The van der Waals surface area contributed by atoms with E-state index in [0.717, 1.165) is 10.2 Å². The van der Waals surface area contributed by atoms with E-state index >= 15 is 0 Å². The fourth-order valence-electron chi connectivity index (χ4n) is 2.60. The number of hydrogen-bond acceptors (Lipinski definition) is 8. The summed E-state index contributed by atoms with van der Waals surface area (Å²) in [5, 5.41) is 8.89. The van der Waals surface area contributed by atoms with Crippen molar-refractivity contribution in [2.24, 2.45) is 0 Å². The Hall–Kier alpha value is -3.53. The van der Waals surface area contributed by atoms with E-state index in [2.05, 4.69) is 15.4 Å². The Labute approximate surface area is 176 Å². The van der Waals surface area contributed by atoms with Gasteiger partial charge in [0.25, 0.3) is 5.56 Å². The van der Waals surface area contributed by atoms with E-state index in [1.165, 1.54) is 17.4 Å². The van der Waals surface area contributed by atoms with E-state index in [9.17, 15) is 14.4 Å². The second kappa shape index (κ2) is 9.79. The Bertz CT molecular complexity index is 1110. The predicted octanol–water partition coefficient (Wildman–Crippen LogP) is 2.12. The van der Waals surface area contributed by atoms with Crippen LogP contribution in [0, 0.1) is 0 Å². The average molecular weight is 428 g/mol. The van der Waals surface area contributed by atoms with Crippen molar-refractivity contribution in [2.45, 2.75) is 19.9 Å². The molecular formula is C20H20N4O5S. The fraction of sp³-hybridized carbons (Fsp3) is 0.250. The normalized spacial score (nSPS) is 10.5. The van der Waals surface area contributed by atoms with Gasteiger partial charge in [0, 0.05) is 17.0 Å². The van der Waals surface area contributed by atoms with E-state index < -0.39 is 11.5 Å². The van der Waals surface area contributed by atoms with Crippen LogP contribution in [0.15, 0.2) is 46.6 Å². The molecule has 0 aliphatic carbocycles. The predicted molar refractivity (Wildman–Crippen MR) is 112 cm³/mol. The van der Waals surface area contributed by atoms with Crippen molar-refractivity contribution in [1.29, 1.82) is 0 Å². The molecule has 2 aromatic heterocycles. The SMILES string of the molecule is CCOC(=O)Cc1csc(NC(=O)Cn2nc(-c3cccc(OC)c3)ccc2=O)n1. The number of thiazole rings is 1. The largest absolute Gasteiger partial charge is 0.497 e. The first-order valence-corrected chi connectivity index (χ1v) is 9.99. The highest BCUT2D eigenvalue weighted by atomic mass is 32.1. The zero-order valence-corrected chi connectivity index (χ0v) is 17.3. The van der Waals surface area contributed by atoms with Gasteiger partial charge in [0.15, 0.2) is 5.13 Å². The molecule has 156 valence electrons. The molecule has 1 aromatic carbocycles. The smallest absolute Gasteiger partial charge is 0.311 e. The molecule has 0 aliphatic heterocycles. The highest BCUT2D eigenvalue weighted by Crippen LogP contribution is 2.21. The molecule has 3 aromatic rings. The zero-order chi connectivity index (χ0) is 21.5. The summed E-state index contributed by atoms with van der Waals surface area (Å²) in [6.45, 7) is 1.75. The second-order valence-corrected chi connectivity index (χ2v) is 6.98. The van der Waals surface area contributed by atoms with Gasteiger partial charge in [0.05, 0.1) is 31.5 Å². The first kappa shape index (κ1) is 21.2. The Morgan fingerprint density at radius 2 is 2.07 bits per heavy atom. The van der Waals surface area contributed by atoms with Gasteiger partial charge < -0.3 is 14.8 Å². The minimum absolute atomic E-state index is 0.0316. The van der Waals surface area contributed by atoms with Gasteiger partial charge in [0.1, 0.15) is 12.3 Å². The molecule has 0 spiro atoms. The summed E-state index contributed by atoms with van der Waals surface area (Å²) in [5.74, 6) is -0.178. The number of nitrogens with zero attached hydrogens (tertiary/aromatic N) is 3. The first-order chi connectivity index (χ1) is 14.5. The van der Waals surface area contributed by atoms with Gasteiger partial charge in [-0.15, -0.1) is 11.3 Å². The molecule has 0 bridgehead atoms. The van der Waals surface area contributed by atoms with Crippen LogP contribution in [0.3, 0.4) is 0 Å². The minimum Gasteiger partial charge on any atom is -0.497 e. The van der Waals surface area contributed by atoms with E-state index in [1.54, 1.807) is 37.6 Å². The van der Waals surface area contributed by atoms with Gasteiger partial charge in [0.2, 0.25) is 5.91 Å². The molecule has 0 radical (unpaired) electrons. The van der Waals surface area contributed by atoms with E-state index in [4.69, 9.17) is 9.47 Å². The van der Waals surface area contributed by atoms with Crippen LogP contribution in [-0.2, 0) is 27.3 Å². The number of aromatic nitrogens is 3. The summed E-state index contributed by atoms with van der Waals surface area (Å²) in [6.07, 6.45) is 0.0316. The number of methoxy groups -OCH3 is 1. The number of benzene rings is 1. The lowest BCUT2D eigenvalue weighted by Crippen LogP contribution is -2.29. The van der Waals surface area contributed by atoms with Crippen LogP contribution < -0.4 is 15.6 Å². The molecular weight excluding hydrogens is 408 g/mol. The number of carbonyl (C=O) groups is 2. The second-order valence-electron chi connectivity index (χ2n) is 6.12. The number of carbonyl (C=O) groups excluding carboxylic acids is 2. The third-order valence-corrected chi connectivity index (χ3v) is 4.76. The number of nitrogens with one attached hydrogen (secondary N) is 1. The Kier molecular flexibility index (Phi) is 6.91. The summed E-state index contributed by atoms with van der Waals surface area (Å²) in [4.78, 5) is 40.2. The molecule has 1 amide bonds. The molecule has 2 heterocycles. The van der Waals surface area contributed by atoms with Gasteiger partial charge >= 0.3 is 5.97 Å². The highest BCUT2D eigenvalue weighted by molar-refractivity contribution is 7.13. The maximum absolute atomic E-state index is 12.4. The standard InChI is InChI=1S/C20H20N4O5S/c1-3-29-19(27)10-14-12-30-20(21-14)22-17(25)11-24-18(26)8-7-16(23-24)13-5-4-6-15(9-13)28-2/h4-9,12H,3,10-11H2,1-2H3,(H,21,22,25). The third kappa shape index (κ3) is 5.51. The van der Waals surface area contributed by atoms with Crippen molar-refractivity contribution in [2.75, 3.05) is 19.0 Å². The van der Waals surface area contributed by atoms with Crippen molar-refractivity contribution in [3.63, 3.8) is 0 Å². The molecule has 9 nitrogen and oxygen atoms in total. The van der Waals surface area contributed by atoms with Crippen molar-refractivity contribution >= 4 is 28.3 Å². The van der Waals surface area contributed by atoms with Gasteiger partial charge in [-0.05, 0) is 25.1 Å². The monoisotopic (exact) mass is 428 g/mol. The van der Waals surface area contributed by atoms with E-state index in [0.29, 0.717) is 28.9 Å². The van der Waals surface area contributed by atoms with Crippen LogP contribution in [0.2, 0.25) is 0 Å². The summed E-state index contributed by atoms with van der Waals surface area (Å²) < 4.78 is 11.2. The summed E-state index contributed by atoms with van der Waals surface area (Å²) in [5.41, 5.74) is 1.39. The molecule has 30 heavy (non-hydrogen) atoms. The molecule has 0 atom stereocenters. The minimum atomic E-state index is -0.454. The molecule has 0 saturated heterocycles. The number of ether oxygens (including phenoxy) is 2. The maximum atomic E-state index is 12.4.